The van der Waals surface area contributed by atoms with Gasteiger partial charge in [0.2, 0.25) is 15.9 Å². The fourth-order valence-corrected chi connectivity index (χ4v) is 4.93. The topological polar surface area (TPSA) is 83.6 Å². The molecule has 0 aliphatic heterocycles. The molecule has 0 fully saturated rings. The van der Waals surface area contributed by atoms with E-state index in [4.69, 9.17) is 23.2 Å². The Bertz CT molecular complexity index is 1260. The van der Waals surface area contributed by atoms with Gasteiger partial charge in [-0.15, -0.1) is 0 Å². The van der Waals surface area contributed by atoms with E-state index in [1.807, 2.05) is 0 Å². The maximum absolute atomic E-state index is 13.3. The number of carbonyl (C=O) groups excluding carboxylic acids is 2. The van der Waals surface area contributed by atoms with Crippen molar-refractivity contribution in [2.45, 2.75) is 19.4 Å². The summed E-state index contributed by atoms with van der Waals surface area (Å²) in [5.74, 6) is -0.901. The van der Waals surface area contributed by atoms with Crippen molar-refractivity contribution in [1.29, 1.82) is 0 Å². The van der Waals surface area contributed by atoms with Crippen LogP contribution in [0, 0.1) is 0 Å². The van der Waals surface area contributed by atoms with Gasteiger partial charge in [-0.1, -0.05) is 60.5 Å². The number of halogens is 2. The van der Waals surface area contributed by atoms with E-state index >= 15 is 0 Å². The van der Waals surface area contributed by atoms with E-state index in [9.17, 15) is 18.0 Å². The zero-order valence-corrected chi connectivity index (χ0v) is 20.3. The third-order valence-electron chi connectivity index (χ3n) is 4.93. The Balaban J connectivity index is 1.98. The molecule has 1 unspecified atom stereocenters. The number of nitrogens with one attached hydrogen (secondary N) is 1. The van der Waals surface area contributed by atoms with Crippen LogP contribution in [-0.2, 0) is 14.8 Å². The molecular formula is C24H22Cl2N2O4S. The zero-order chi connectivity index (χ0) is 24.2. The Kier molecular flexibility index (Phi) is 7.79. The third-order valence-corrected chi connectivity index (χ3v) is 6.60. The van der Waals surface area contributed by atoms with E-state index in [0.717, 1.165) is 10.6 Å². The first-order valence-corrected chi connectivity index (χ1v) is 12.7. The molecule has 0 saturated heterocycles. The lowest BCUT2D eigenvalue weighted by Crippen LogP contribution is -2.47. The van der Waals surface area contributed by atoms with E-state index in [-0.39, 0.29) is 23.5 Å². The first-order valence-electron chi connectivity index (χ1n) is 10.1. The van der Waals surface area contributed by atoms with Crippen molar-refractivity contribution in [2.24, 2.45) is 0 Å². The van der Waals surface area contributed by atoms with Gasteiger partial charge in [-0.2, -0.15) is 0 Å². The number of hydrogen-bond acceptors (Lipinski definition) is 4. The van der Waals surface area contributed by atoms with Gasteiger partial charge in [-0.25, -0.2) is 8.42 Å². The van der Waals surface area contributed by atoms with Crippen LogP contribution in [0.4, 0.5) is 11.4 Å². The van der Waals surface area contributed by atoms with Crippen molar-refractivity contribution in [3.8, 4) is 0 Å². The summed E-state index contributed by atoms with van der Waals surface area (Å²) < 4.78 is 26.3. The minimum atomic E-state index is -3.81. The smallest absolute Gasteiger partial charge is 0.248 e. The summed E-state index contributed by atoms with van der Waals surface area (Å²) in [4.78, 5) is 26.3. The summed E-state index contributed by atoms with van der Waals surface area (Å²) >= 11 is 12.0. The molecule has 1 N–H and O–H groups in total. The summed E-state index contributed by atoms with van der Waals surface area (Å²) in [6.45, 7) is 1.70. The summed E-state index contributed by atoms with van der Waals surface area (Å²) in [5.41, 5.74) is 1.18. The van der Waals surface area contributed by atoms with Gasteiger partial charge >= 0.3 is 0 Å². The van der Waals surface area contributed by atoms with E-state index in [0.29, 0.717) is 21.3 Å². The van der Waals surface area contributed by atoms with Crippen LogP contribution in [0.25, 0.3) is 0 Å². The second-order valence-corrected chi connectivity index (χ2v) is 10.1. The number of ketones is 1. The van der Waals surface area contributed by atoms with Crippen LogP contribution in [0.3, 0.4) is 0 Å². The molecule has 3 rings (SSSR count). The van der Waals surface area contributed by atoms with Gasteiger partial charge in [-0.3, -0.25) is 13.9 Å². The average Bonchev–Trinajstić information content (AvgIpc) is 2.78. The lowest BCUT2D eigenvalue weighted by atomic mass is 10.0. The lowest BCUT2D eigenvalue weighted by molar-refractivity contribution is -0.117. The highest BCUT2D eigenvalue weighted by atomic mass is 35.5. The highest BCUT2D eigenvalue weighted by Gasteiger charge is 2.32. The monoisotopic (exact) mass is 504 g/mol. The van der Waals surface area contributed by atoms with Crippen molar-refractivity contribution in [3.05, 3.63) is 94.0 Å². The maximum Gasteiger partial charge on any atom is 0.248 e. The van der Waals surface area contributed by atoms with Gasteiger partial charge < -0.3 is 5.32 Å². The summed E-state index contributed by atoms with van der Waals surface area (Å²) in [6, 6.07) is 18.2. The van der Waals surface area contributed by atoms with E-state index in [1.165, 1.54) is 24.3 Å². The SMILES string of the molecule is CCC(C(=O)Nc1ccc(Cl)cc1C(=O)c1ccccc1)N(c1ccc(Cl)cc1)S(C)(=O)=O. The first-order chi connectivity index (χ1) is 15.6. The molecule has 172 valence electrons. The molecular weight excluding hydrogens is 483 g/mol. The van der Waals surface area contributed by atoms with E-state index < -0.39 is 22.0 Å². The van der Waals surface area contributed by atoms with Crippen molar-refractivity contribution >= 4 is 56.3 Å². The predicted octanol–water partition coefficient (Wildman–Crippen LogP) is 5.41. The van der Waals surface area contributed by atoms with Gasteiger partial charge in [0.1, 0.15) is 6.04 Å². The van der Waals surface area contributed by atoms with Gasteiger partial charge in [-0.05, 0) is 48.9 Å². The molecule has 9 heteroatoms. The van der Waals surface area contributed by atoms with E-state index in [2.05, 4.69) is 5.32 Å². The highest BCUT2D eigenvalue weighted by Crippen LogP contribution is 2.27. The number of sulfonamides is 1. The summed E-state index contributed by atoms with van der Waals surface area (Å²) in [6.07, 6.45) is 1.22. The number of anilines is 2. The van der Waals surface area contributed by atoms with Crippen LogP contribution in [-0.4, -0.2) is 32.4 Å². The second-order valence-electron chi connectivity index (χ2n) is 7.33. The van der Waals surface area contributed by atoms with Crippen LogP contribution in [0.15, 0.2) is 72.8 Å². The zero-order valence-electron chi connectivity index (χ0n) is 18.0. The van der Waals surface area contributed by atoms with Gasteiger partial charge in [0, 0.05) is 21.2 Å². The Morgan fingerprint density at radius 3 is 2.12 bits per heavy atom. The minimum absolute atomic E-state index is 0.192. The molecule has 0 aromatic heterocycles. The van der Waals surface area contributed by atoms with Crippen LogP contribution >= 0.6 is 23.2 Å². The predicted molar refractivity (Wildman–Crippen MR) is 133 cm³/mol. The average molecular weight is 505 g/mol. The number of carbonyl (C=O) groups is 2. The second kappa shape index (κ2) is 10.4. The summed E-state index contributed by atoms with van der Waals surface area (Å²) in [5, 5.41) is 3.49. The normalized spacial score (nSPS) is 12.1. The largest absolute Gasteiger partial charge is 0.324 e. The molecule has 0 radical (unpaired) electrons. The van der Waals surface area contributed by atoms with Crippen molar-refractivity contribution < 1.29 is 18.0 Å². The Labute approximate surface area is 203 Å². The number of amides is 1. The standard InChI is InChI=1S/C24H22Cl2N2O4S/c1-3-22(28(33(2,31)32)19-12-9-17(25)10-13-19)24(30)27-21-14-11-18(26)15-20(21)23(29)16-7-5-4-6-8-16/h4-15,22H,3H2,1-2H3,(H,27,30). The first kappa shape index (κ1) is 24.8. The van der Waals surface area contributed by atoms with Crippen molar-refractivity contribution in [2.75, 3.05) is 15.9 Å². The molecule has 33 heavy (non-hydrogen) atoms. The van der Waals surface area contributed by atoms with Crippen molar-refractivity contribution in [1.82, 2.24) is 0 Å². The number of rotatable bonds is 8. The number of benzene rings is 3. The van der Waals surface area contributed by atoms with Gasteiger partial charge in [0.05, 0.1) is 17.6 Å². The molecule has 6 nitrogen and oxygen atoms in total. The molecule has 3 aromatic rings. The van der Waals surface area contributed by atoms with Crippen LogP contribution in [0.5, 0.6) is 0 Å². The molecule has 1 atom stereocenters. The Hall–Kier alpha value is -2.87. The molecule has 0 aliphatic carbocycles. The molecule has 0 saturated carbocycles. The minimum Gasteiger partial charge on any atom is -0.324 e. The Morgan fingerprint density at radius 2 is 1.55 bits per heavy atom. The molecule has 0 bridgehead atoms. The molecule has 0 aliphatic rings. The molecule has 3 aromatic carbocycles. The molecule has 0 heterocycles. The number of hydrogen-bond donors (Lipinski definition) is 1. The van der Waals surface area contributed by atoms with Gasteiger partial charge in [0.15, 0.2) is 5.78 Å². The van der Waals surface area contributed by atoms with E-state index in [1.54, 1.807) is 55.5 Å². The molecule has 1 amide bonds. The van der Waals surface area contributed by atoms with Crippen LogP contribution in [0.1, 0.15) is 29.3 Å². The van der Waals surface area contributed by atoms with Crippen LogP contribution in [0.2, 0.25) is 10.0 Å². The third kappa shape index (κ3) is 5.93. The van der Waals surface area contributed by atoms with Crippen LogP contribution < -0.4 is 9.62 Å². The van der Waals surface area contributed by atoms with Crippen molar-refractivity contribution in [3.63, 3.8) is 0 Å². The van der Waals surface area contributed by atoms with Gasteiger partial charge in [0.25, 0.3) is 0 Å². The lowest BCUT2D eigenvalue weighted by Gasteiger charge is -2.30. The molecule has 0 spiro atoms. The summed E-state index contributed by atoms with van der Waals surface area (Å²) in [7, 11) is -3.81. The quantitative estimate of drug-likeness (QED) is 0.415. The number of nitrogens with zero attached hydrogens (tertiary/aromatic N) is 1. The fraction of sp³-hybridized carbons (Fsp3) is 0.167. The highest BCUT2D eigenvalue weighted by molar-refractivity contribution is 7.92. The maximum atomic E-state index is 13.3. The Morgan fingerprint density at radius 1 is 0.939 bits per heavy atom. The fourth-order valence-electron chi connectivity index (χ4n) is 3.42.